The number of ether oxygens (including phenoxy) is 1. The topological polar surface area (TPSA) is 97.3 Å². The molecular weight excluding hydrogens is 417 g/mol. The summed E-state index contributed by atoms with van der Waals surface area (Å²) in [6.07, 6.45) is 3.38. The van der Waals surface area contributed by atoms with Crippen molar-refractivity contribution in [2.45, 2.75) is 19.6 Å². The van der Waals surface area contributed by atoms with Crippen molar-refractivity contribution in [1.29, 1.82) is 0 Å². The first-order valence-corrected chi connectivity index (χ1v) is 11.1. The van der Waals surface area contributed by atoms with E-state index in [9.17, 15) is 12.8 Å². The van der Waals surface area contributed by atoms with Crippen LogP contribution in [0.3, 0.4) is 0 Å². The maximum absolute atomic E-state index is 13.0. The van der Waals surface area contributed by atoms with Crippen LogP contribution in [-0.2, 0) is 29.8 Å². The predicted molar refractivity (Wildman–Crippen MR) is 108 cm³/mol. The van der Waals surface area contributed by atoms with Gasteiger partial charge in [0.25, 0.3) is 0 Å². The van der Waals surface area contributed by atoms with E-state index >= 15 is 0 Å². The fourth-order valence-electron chi connectivity index (χ4n) is 3.23. The van der Waals surface area contributed by atoms with Crippen LogP contribution in [0.4, 0.5) is 9.52 Å². The molecule has 2 aromatic heterocycles. The largest absolute Gasteiger partial charge is 0.496 e. The number of hydrogen-bond donors (Lipinski definition) is 1. The highest BCUT2D eigenvalue weighted by Gasteiger charge is 2.30. The fourth-order valence-corrected chi connectivity index (χ4v) is 5.14. The minimum absolute atomic E-state index is 0.121. The highest BCUT2D eigenvalue weighted by Crippen LogP contribution is 2.35. The van der Waals surface area contributed by atoms with Crippen LogP contribution in [0, 0.1) is 0 Å². The van der Waals surface area contributed by atoms with E-state index in [0.717, 1.165) is 11.1 Å². The van der Waals surface area contributed by atoms with Gasteiger partial charge in [-0.2, -0.15) is 12.7 Å². The van der Waals surface area contributed by atoms with Crippen molar-refractivity contribution in [3.05, 3.63) is 52.9 Å². The Morgan fingerprint density at radius 2 is 2.17 bits per heavy atom. The van der Waals surface area contributed by atoms with Crippen molar-refractivity contribution in [2.75, 3.05) is 18.4 Å². The van der Waals surface area contributed by atoms with Crippen molar-refractivity contribution >= 4 is 26.7 Å². The van der Waals surface area contributed by atoms with Gasteiger partial charge in [-0.25, -0.2) is 24.1 Å². The minimum atomic E-state index is -3.74. The highest BCUT2D eigenvalue weighted by molar-refractivity contribution is 7.90. The van der Waals surface area contributed by atoms with E-state index < -0.39 is 16.9 Å². The van der Waals surface area contributed by atoms with Crippen LogP contribution >= 0.6 is 11.3 Å². The first-order valence-electron chi connectivity index (χ1n) is 8.75. The summed E-state index contributed by atoms with van der Waals surface area (Å²) in [5.74, 6) is 0.515. The molecule has 0 bridgehead atoms. The number of thiazole rings is 1. The molecule has 0 fully saturated rings. The molecule has 0 amide bonds. The van der Waals surface area contributed by atoms with E-state index in [-0.39, 0.29) is 13.1 Å². The van der Waals surface area contributed by atoms with Gasteiger partial charge in [0.05, 0.1) is 25.0 Å². The van der Waals surface area contributed by atoms with E-state index in [1.54, 1.807) is 23.6 Å². The molecule has 0 unspecified atom stereocenters. The van der Waals surface area contributed by atoms with Crippen molar-refractivity contribution in [2.24, 2.45) is 0 Å². The Bertz CT molecular complexity index is 1120. The molecule has 1 N–H and O–H groups in total. The summed E-state index contributed by atoms with van der Waals surface area (Å²) in [6, 6.07) is 5.09. The van der Waals surface area contributed by atoms with Gasteiger partial charge in [0.2, 0.25) is 0 Å². The molecule has 0 spiro atoms. The summed E-state index contributed by atoms with van der Waals surface area (Å²) in [7, 11) is -2.22. The number of hydrogen-bond acceptors (Lipinski definition) is 7. The van der Waals surface area contributed by atoms with Crippen LogP contribution in [0.15, 0.2) is 36.1 Å². The summed E-state index contributed by atoms with van der Waals surface area (Å²) in [5, 5.41) is 2.02. The number of benzene rings is 1. The molecule has 152 valence electrons. The second kappa shape index (κ2) is 8.01. The molecule has 0 aliphatic carbocycles. The number of aromatic nitrogens is 3. The van der Waals surface area contributed by atoms with Gasteiger partial charge in [-0.05, 0) is 24.1 Å². The molecule has 3 aromatic rings. The van der Waals surface area contributed by atoms with Gasteiger partial charge in [0.15, 0.2) is 5.13 Å². The normalized spacial score (nSPS) is 14.4. The predicted octanol–water partition coefficient (Wildman–Crippen LogP) is 2.79. The molecule has 3 heterocycles. The lowest BCUT2D eigenvalue weighted by Gasteiger charge is -2.28. The Morgan fingerprint density at radius 3 is 2.90 bits per heavy atom. The number of fused-ring (bicyclic) bond motifs is 1. The van der Waals surface area contributed by atoms with Crippen molar-refractivity contribution in [3.8, 4) is 17.0 Å². The smallest absolute Gasteiger partial charge is 0.303 e. The summed E-state index contributed by atoms with van der Waals surface area (Å²) in [6.45, 7) is -0.188. The standard InChI is InChI=1S/C18H18FN5O3S2/c1-27-16-8-12(9-19)2-3-14(16)17-13-4-6-24(10-15(13)21-11-22-17)29(25,26)23-18-20-5-7-28-18/h2-3,5,7-8,11H,4,6,9-10H2,1H3,(H,20,23). The van der Waals surface area contributed by atoms with Crippen molar-refractivity contribution < 1.29 is 17.5 Å². The van der Waals surface area contributed by atoms with Gasteiger partial charge in [0.1, 0.15) is 18.8 Å². The van der Waals surface area contributed by atoms with E-state index in [1.807, 2.05) is 0 Å². The minimum Gasteiger partial charge on any atom is -0.496 e. The van der Waals surface area contributed by atoms with Crippen LogP contribution in [0.25, 0.3) is 11.3 Å². The molecule has 0 atom stereocenters. The summed E-state index contributed by atoms with van der Waals surface area (Å²) in [5.41, 5.74) is 3.39. The molecule has 1 aliphatic rings. The lowest BCUT2D eigenvalue weighted by atomic mass is 9.98. The maximum Gasteiger partial charge on any atom is 0.303 e. The molecule has 1 aliphatic heterocycles. The summed E-state index contributed by atoms with van der Waals surface area (Å²) in [4.78, 5) is 12.7. The Kier molecular flexibility index (Phi) is 5.43. The van der Waals surface area contributed by atoms with E-state index in [0.29, 0.717) is 34.3 Å². The molecule has 0 saturated carbocycles. The Hall–Kier alpha value is -2.63. The average Bonchev–Trinajstić information content (AvgIpc) is 3.24. The zero-order chi connectivity index (χ0) is 20.4. The Morgan fingerprint density at radius 1 is 1.31 bits per heavy atom. The molecule has 8 nitrogen and oxygen atoms in total. The number of alkyl halides is 1. The molecular formula is C18H18FN5O3S2. The monoisotopic (exact) mass is 435 g/mol. The van der Waals surface area contributed by atoms with Gasteiger partial charge in [0, 0.05) is 29.2 Å². The van der Waals surface area contributed by atoms with Crippen molar-refractivity contribution in [1.82, 2.24) is 19.3 Å². The van der Waals surface area contributed by atoms with Gasteiger partial charge < -0.3 is 4.74 Å². The number of nitrogens with zero attached hydrogens (tertiary/aromatic N) is 4. The first kappa shape index (κ1) is 19.7. The molecule has 11 heteroatoms. The van der Waals surface area contributed by atoms with Gasteiger partial charge in [-0.15, -0.1) is 11.3 Å². The maximum atomic E-state index is 13.0. The average molecular weight is 436 g/mol. The van der Waals surface area contributed by atoms with Crippen LogP contribution in [0.2, 0.25) is 0 Å². The Labute approximate surface area is 171 Å². The second-order valence-corrected chi connectivity index (χ2v) is 8.91. The second-order valence-electron chi connectivity index (χ2n) is 6.34. The van der Waals surface area contributed by atoms with Crippen LogP contribution in [-0.4, -0.2) is 41.3 Å². The molecule has 4 rings (SSSR count). The quantitative estimate of drug-likeness (QED) is 0.640. The first-order chi connectivity index (χ1) is 14.0. The third-order valence-electron chi connectivity index (χ3n) is 4.64. The molecule has 1 aromatic carbocycles. The van der Waals surface area contributed by atoms with E-state index in [4.69, 9.17) is 4.74 Å². The van der Waals surface area contributed by atoms with Gasteiger partial charge >= 0.3 is 10.2 Å². The molecule has 0 radical (unpaired) electrons. The number of anilines is 1. The van der Waals surface area contributed by atoms with Gasteiger partial charge in [-0.3, -0.25) is 0 Å². The fraction of sp³-hybridized carbons (Fsp3) is 0.278. The number of nitrogens with one attached hydrogen (secondary N) is 1. The van der Waals surface area contributed by atoms with Crippen LogP contribution in [0.5, 0.6) is 5.75 Å². The number of methoxy groups -OCH3 is 1. The zero-order valence-electron chi connectivity index (χ0n) is 15.5. The zero-order valence-corrected chi connectivity index (χ0v) is 17.1. The van der Waals surface area contributed by atoms with Crippen molar-refractivity contribution in [3.63, 3.8) is 0 Å². The molecule has 29 heavy (non-hydrogen) atoms. The van der Waals surface area contributed by atoms with Crippen LogP contribution in [0.1, 0.15) is 16.8 Å². The SMILES string of the molecule is COc1cc(CF)ccc1-c1ncnc2c1CCN(S(=O)(=O)Nc1nccs1)C2. The molecule has 0 saturated heterocycles. The lowest BCUT2D eigenvalue weighted by molar-refractivity contribution is 0.387. The third-order valence-corrected chi connectivity index (χ3v) is 6.90. The summed E-state index contributed by atoms with van der Waals surface area (Å²) >= 11 is 1.21. The highest BCUT2D eigenvalue weighted by atomic mass is 32.2. The number of halogens is 1. The Balaban J connectivity index is 1.65. The van der Waals surface area contributed by atoms with Gasteiger partial charge in [-0.1, -0.05) is 6.07 Å². The van der Waals surface area contributed by atoms with Crippen LogP contribution < -0.4 is 9.46 Å². The van der Waals surface area contributed by atoms with E-state index in [1.165, 1.54) is 35.3 Å². The lowest BCUT2D eigenvalue weighted by Crippen LogP contribution is -2.40. The summed E-state index contributed by atoms with van der Waals surface area (Å²) < 4.78 is 47.6. The van der Waals surface area contributed by atoms with E-state index in [2.05, 4.69) is 19.7 Å². The third kappa shape index (κ3) is 3.93. The number of rotatable bonds is 6.